The number of aromatic nitrogens is 1. The van der Waals surface area contributed by atoms with Crippen molar-refractivity contribution in [1.82, 2.24) is 4.98 Å². The molecule has 0 atom stereocenters. The second kappa shape index (κ2) is 7.00. The van der Waals surface area contributed by atoms with Gasteiger partial charge in [-0.25, -0.2) is 4.98 Å². The summed E-state index contributed by atoms with van der Waals surface area (Å²) >= 11 is 0. The second-order valence-electron chi connectivity index (χ2n) is 8.08. The summed E-state index contributed by atoms with van der Waals surface area (Å²) in [5.41, 5.74) is 7.41. The van der Waals surface area contributed by atoms with Crippen molar-refractivity contribution in [1.29, 1.82) is 0 Å². The van der Waals surface area contributed by atoms with Gasteiger partial charge in [-0.2, -0.15) is 0 Å². The van der Waals surface area contributed by atoms with Crippen LogP contribution in [-0.4, -0.2) is 11.5 Å². The van der Waals surface area contributed by atoms with E-state index in [0.29, 0.717) is 6.54 Å². The Hall–Kier alpha value is -4.51. The van der Waals surface area contributed by atoms with Crippen LogP contribution in [0.2, 0.25) is 0 Å². The number of para-hydroxylation sites is 3. The van der Waals surface area contributed by atoms with Gasteiger partial charge in [0.1, 0.15) is 16.7 Å². The standard InChI is InChI=1S/C28H19N3O2/c1-2-8-18(9-3-1)31(19-16-25-27(30-17-19)21-11-5-7-13-24(21)32-25)22-14-15-29-28-26(22)20-10-4-6-12-23(20)33-28/h1-14,16-17,29H,15H2. The predicted octanol–water partition coefficient (Wildman–Crippen LogP) is 7.33. The molecule has 33 heavy (non-hydrogen) atoms. The molecule has 0 amide bonds. The average molecular weight is 429 g/mol. The molecular formula is C28H19N3O2. The third kappa shape index (κ3) is 2.76. The van der Waals surface area contributed by atoms with E-state index in [1.54, 1.807) is 0 Å². The first-order valence-electron chi connectivity index (χ1n) is 11.0. The van der Waals surface area contributed by atoms with Gasteiger partial charge in [0, 0.05) is 29.1 Å². The van der Waals surface area contributed by atoms with Crippen LogP contribution in [0.3, 0.4) is 0 Å². The molecule has 158 valence electrons. The Morgan fingerprint density at radius 1 is 0.727 bits per heavy atom. The minimum Gasteiger partial charge on any atom is -0.454 e. The van der Waals surface area contributed by atoms with Crippen molar-refractivity contribution in [2.75, 3.05) is 16.8 Å². The molecule has 0 aliphatic carbocycles. The fourth-order valence-corrected chi connectivity index (χ4v) is 4.68. The monoisotopic (exact) mass is 429 g/mol. The van der Waals surface area contributed by atoms with Crippen molar-refractivity contribution in [3.8, 4) is 0 Å². The number of anilines is 3. The Labute approximate surface area is 189 Å². The van der Waals surface area contributed by atoms with E-state index in [-0.39, 0.29) is 0 Å². The van der Waals surface area contributed by atoms with Gasteiger partial charge in [0.2, 0.25) is 5.88 Å². The highest BCUT2D eigenvalue weighted by atomic mass is 16.4. The molecule has 7 rings (SSSR count). The quantitative estimate of drug-likeness (QED) is 0.319. The van der Waals surface area contributed by atoms with E-state index >= 15 is 0 Å². The summed E-state index contributed by atoms with van der Waals surface area (Å²) in [5.74, 6) is 0.785. The summed E-state index contributed by atoms with van der Waals surface area (Å²) in [5, 5.41) is 5.48. The smallest absolute Gasteiger partial charge is 0.203 e. The maximum absolute atomic E-state index is 6.15. The molecule has 0 bridgehead atoms. The summed E-state index contributed by atoms with van der Waals surface area (Å²) in [6, 6.07) is 28.5. The number of nitrogens with one attached hydrogen (secondary N) is 1. The predicted molar refractivity (Wildman–Crippen MR) is 133 cm³/mol. The third-order valence-corrected chi connectivity index (χ3v) is 6.12. The van der Waals surface area contributed by atoms with Gasteiger partial charge in [0.25, 0.3) is 0 Å². The number of hydrogen-bond donors (Lipinski definition) is 1. The van der Waals surface area contributed by atoms with Crippen molar-refractivity contribution < 1.29 is 8.83 Å². The molecule has 3 aromatic heterocycles. The van der Waals surface area contributed by atoms with Crippen molar-refractivity contribution in [3.63, 3.8) is 0 Å². The molecule has 4 heterocycles. The summed E-state index contributed by atoms with van der Waals surface area (Å²) in [6.45, 7) is 0.672. The van der Waals surface area contributed by atoms with E-state index in [0.717, 1.165) is 61.6 Å². The van der Waals surface area contributed by atoms with E-state index in [9.17, 15) is 0 Å². The van der Waals surface area contributed by atoms with E-state index in [1.807, 2.05) is 66.9 Å². The number of hydrogen-bond acceptors (Lipinski definition) is 5. The molecule has 5 nitrogen and oxygen atoms in total. The lowest BCUT2D eigenvalue weighted by molar-refractivity contribution is 0.627. The van der Waals surface area contributed by atoms with Gasteiger partial charge in [-0.05, 0) is 36.4 Å². The lowest BCUT2D eigenvalue weighted by Crippen LogP contribution is -2.20. The molecule has 0 radical (unpaired) electrons. The number of pyridine rings is 1. The molecule has 5 heteroatoms. The highest BCUT2D eigenvalue weighted by Crippen LogP contribution is 2.44. The molecule has 0 unspecified atom stereocenters. The first-order chi connectivity index (χ1) is 16.4. The van der Waals surface area contributed by atoms with Crippen LogP contribution in [0.25, 0.3) is 38.7 Å². The van der Waals surface area contributed by atoms with Crippen LogP contribution in [0.4, 0.5) is 17.3 Å². The zero-order valence-electron chi connectivity index (χ0n) is 17.7. The first kappa shape index (κ1) is 18.1. The van der Waals surface area contributed by atoms with Crippen LogP contribution in [0.5, 0.6) is 0 Å². The second-order valence-corrected chi connectivity index (χ2v) is 8.08. The third-order valence-electron chi connectivity index (χ3n) is 6.12. The molecule has 0 spiro atoms. The number of benzene rings is 3. The Morgan fingerprint density at radius 3 is 2.30 bits per heavy atom. The van der Waals surface area contributed by atoms with Crippen LogP contribution in [0.1, 0.15) is 5.56 Å². The molecule has 3 aromatic carbocycles. The van der Waals surface area contributed by atoms with Gasteiger partial charge in [-0.1, -0.05) is 48.5 Å². The molecule has 1 aliphatic heterocycles. The van der Waals surface area contributed by atoms with Gasteiger partial charge in [0.05, 0.1) is 23.1 Å². The van der Waals surface area contributed by atoms with Crippen LogP contribution in [-0.2, 0) is 0 Å². The summed E-state index contributed by atoms with van der Waals surface area (Å²) in [6.07, 6.45) is 4.11. The summed E-state index contributed by atoms with van der Waals surface area (Å²) in [4.78, 5) is 7.04. The van der Waals surface area contributed by atoms with Crippen LogP contribution < -0.4 is 10.2 Å². The molecule has 0 fully saturated rings. The van der Waals surface area contributed by atoms with Crippen LogP contribution in [0.15, 0.2) is 106 Å². The largest absolute Gasteiger partial charge is 0.454 e. The Morgan fingerprint density at radius 2 is 1.45 bits per heavy atom. The highest BCUT2D eigenvalue weighted by molar-refractivity contribution is 6.06. The molecular weight excluding hydrogens is 410 g/mol. The highest BCUT2D eigenvalue weighted by Gasteiger charge is 2.27. The van der Waals surface area contributed by atoms with Gasteiger partial charge in [0.15, 0.2) is 5.58 Å². The van der Waals surface area contributed by atoms with Crippen molar-refractivity contribution in [2.45, 2.75) is 0 Å². The number of rotatable bonds is 3. The Balaban J connectivity index is 1.47. The zero-order valence-corrected chi connectivity index (χ0v) is 17.7. The maximum Gasteiger partial charge on any atom is 0.203 e. The molecule has 1 N–H and O–H groups in total. The normalized spacial score (nSPS) is 13.2. The van der Waals surface area contributed by atoms with Gasteiger partial charge in [-0.3, -0.25) is 0 Å². The summed E-state index contributed by atoms with van der Waals surface area (Å²) in [7, 11) is 0. The SMILES string of the molecule is C1=C(N(c2ccccc2)c2cnc3c(c2)oc2ccccc23)c2c(oc3ccccc23)NC1. The maximum atomic E-state index is 6.15. The molecule has 0 saturated carbocycles. The van der Waals surface area contributed by atoms with Crippen molar-refractivity contribution in [3.05, 3.63) is 103 Å². The van der Waals surface area contributed by atoms with Crippen LogP contribution >= 0.6 is 0 Å². The van der Waals surface area contributed by atoms with Gasteiger partial charge >= 0.3 is 0 Å². The van der Waals surface area contributed by atoms with E-state index in [1.165, 1.54) is 0 Å². The van der Waals surface area contributed by atoms with Crippen molar-refractivity contribution in [2.24, 2.45) is 0 Å². The van der Waals surface area contributed by atoms with E-state index < -0.39 is 0 Å². The zero-order chi connectivity index (χ0) is 21.8. The fraction of sp³-hybridized carbons (Fsp3) is 0.0357. The van der Waals surface area contributed by atoms with Crippen LogP contribution in [0, 0.1) is 0 Å². The topological polar surface area (TPSA) is 54.4 Å². The Bertz CT molecular complexity index is 1680. The molecule has 1 aliphatic rings. The van der Waals surface area contributed by atoms with E-state index in [4.69, 9.17) is 13.8 Å². The molecule has 0 saturated heterocycles. The minimum atomic E-state index is 0.672. The van der Waals surface area contributed by atoms with Gasteiger partial charge in [-0.15, -0.1) is 0 Å². The number of furan rings is 2. The molecule has 6 aromatic rings. The van der Waals surface area contributed by atoms with E-state index in [2.05, 4.69) is 40.6 Å². The number of nitrogens with zero attached hydrogens (tertiary/aromatic N) is 2. The lowest BCUT2D eigenvalue weighted by atomic mass is 10.0. The minimum absolute atomic E-state index is 0.672. The fourth-order valence-electron chi connectivity index (χ4n) is 4.68. The first-order valence-corrected chi connectivity index (χ1v) is 11.0. The number of fused-ring (bicyclic) bond motifs is 6. The summed E-state index contributed by atoms with van der Waals surface area (Å²) < 4.78 is 12.3. The Kier molecular flexibility index (Phi) is 3.84. The van der Waals surface area contributed by atoms with Gasteiger partial charge < -0.3 is 19.1 Å². The lowest BCUT2D eigenvalue weighted by Gasteiger charge is -2.29. The van der Waals surface area contributed by atoms with Crippen molar-refractivity contribution >= 4 is 56.0 Å². The average Bonchev–Trinajstić information content (AvgIpc) is 3.43.